The van der Waals surface area contributed by atoms with Crippen molar-refractivity contribution >= 4 is 44.6 Å². The van der Waals surface area contributed by atoms with Gasteiger partial charge in [0.1, 0.15) is 5.82 Å². The van der Waals surface area contributed by atoms with Crippen LogP contribution in [0.5, 0.6) is 0 Å². The van der Waals surface area contributed by atoms with Gasteiger partial charge in [-0.3, -0.25) is 9.97 Å². The number of para-hydroxylation sites is 4. The molecule has 9 aromatic rings. The summed E-state index contributed by atoms with van der Waals surface area (Å²) >= 11 is 0. The molecule has 10 rings (SSSR count). The number of hydrogen-bond donors (Lipinski definition) is 0. The molecular formula is C49H35N6Pt-3. The van der Waals surface area contributed by atoms with Gasteiger partial charge >= 0.3 is 0 Å². The molecule has 0 atom stereocenters. The third-order valence-electron chi connectivity index (χ3n) is 10.7. The van der Waals surface area contributed by atoms with Gasteiger partial charge in [-0.1, -0.05) is 74.0 Å². The van der Waals surface area contributed by atoms with Crippen molar-refractivity contribution in [3.8, 4) is 28.1 Å². The Bertz CT molecular complexity index is 2780. The topological polar surface area (TPSA) is 50.1 Å². The number of pyridine rings is 3. The van der Waals surface area contributed by atoms with Crippen molar-refractivity contribution in [2.24, 2.45) is 0 Å². The molecule has 4 aromatic heterocycles. The van der Waals surface area contributed by atoms with Crippen molar-refractivity contribution < 1.29 is 21.1 Å². The van der Waals surface area contributed by atoms with Crippen LogP contribution < -0.4 is 9.80 Å². The van der Waals surface area contributed by atoms with Gasteiger partial charge in [-0.15, -0.1) is 17.7 Å². The summed E-state index contributed by atoms with van der Waals surface area (Å²) in [5, 5.41) is 2.34. The average Bonchev–Trinajstić information content (AvgIpc) is 3.80. The van der Waals surface area contributed by atoms with E-state index < -0.39 is 5.41 Å². The summed E-state index contributed by atoms with van der Waals surface area (Å²) < 4.78 is 2.22. The van der Waals surface area contributed by atoms with Crippen molar-refractivity contribution in [3.63, 3.8) is 0 Å². The summed E-state index contributed by atoms with van der Waals surface area (Å²) in [6.07, 6.45) is 9.24. The minimum absolute atomic E-state index is 0. The first kappa shape index (κ1) is 35.3. The Balaban J connectivity index is 0.00000410. The first-order valence-electron chi connectivity index (χ1n) is 18.4. The number of nitrogens with zero attached hydrogens (tertiary/aromatic N) is 6. The third kappa shape index (κ3) is 5.89. The zero-order chi connectivity index (χ0) is 36.9. The van der Waals surface area contributed by atoms with E-state index in [-0.39, 0.29) is 21.1 Å². The molecule has 0 amide bonds. The van der Waals surface area contributed by atoms with Crippen LogP contribution in [0, 0.1) is 18.8 Å². The third-order valence-corrected chi connectivity index (χ3v) is 10.7. The Morgan fingerprint density at radius 2 is 1.16 bits per heavy atom. The van der Waals surface area contributed by atoms with Crippen molar-refractivity contribution in [2.75, 3.05) is 9.80 Å². The van der Waals surface area contributed by atoms with Gasteiger partial charge in [-0.25, -0.2) is 4.98 Å². The summed E-state index contributed by atoms with van der Waals surface area (Å²) in [5.41, 5.74) is 12.4. The van der Waals surface area contributed by atoms with Gasteiger partial charge in [0.15, 0.2) is 0 Å². The number of aromatic nitrogens is 4. The van der Waals surface area contributed by atoms with Crippen molar-refractivity contribution in [3.05, 3.63) is 200 Å². The smallest absolute Gasteiger partial charge is 0.135 e. The van der Waals surface area contributed by atoms with E-state index in [4.69, 9.17) is 4.98 Å². The molecule has 5 heterocycles. The van der Waals surface area contributed by atoms with Crippen LogP contribution in [-0.4, -0.2) is 19.5 Å². The Labute approximate surface area is 341 Å². The van der Waals surface area contributed by atoms with Gasteiger partial charge in [0.25, 0.3) is 0 Å². The van der Waals surface area contributed by atoms with E-state index in [0.29, 0.717) is 0 Å². The molecule has 0 aliphatic carbocycles. The Hall–Kier alpha value is -6.36. The minimum atomic E-state index is -0.420. The van der Waals surface area contributed by atoms with Crippen LogP contribution >= 0.6 is 0 Å². The van der Waals surface area contributed by atoms with E-state index in [1.807, 2.05) is 43.1 Å². The van der Waals surface area contributed by atoms with E-state index >= 15 is 0 Å². The number of anilines is 4. The van der Waals surface area contributed by atoms with E-state index in [1.54, 1.807) is 0 Å². The van der Waals surface area contributed by atoms with Crippen LogP contribution in [0.4, 0.5) is 22.7 Å². The van der Waals surface area contributed by atoms with Crippen LogP contribution in [0.25, 0.3) is 49.9 Å². The number of rotatable bonds is 7. The maximum absolute atomic E-state index is 4.74. The number of hydrogen-bond acceptors (Lipinski definition) is 5. The predicted octanol–water partition coefficient (Wildman–Crippen LogP) is 11.6. The van der Waals surface area contributed by atoms with Crippen LogP contribution in [0.1, 0.15) is 25.0 Å². The van der Waals surface area contributed by atoms with Crippen LogP contribution in [0.3, 0.4) is 0 Å². The summed E-state index contributed by atoms with van der Waals surface area (Å²) in [4.78, 5) is 17.9. The van der Waals surface area contributed by atoms with E-state index in [0.717, 1.165) is 78.4 Å². The molecule has 0 bridgehead atoms. The molecule has 0 saturated heterocycles. The summed E-state index contributed by atoms with van der Waals surface area (Å²) in [5.74, 6) is 0.874. The molecule has 0 N–H and O–H groups in total. The second kappa shape index (κ2) is 14.4. The maximum atomic E-state index is 4.74. The minimum Gasteiger partial charge on any atom is -0.493 e. The van der Waals surface area contributed by atoms with Gasteiger partial charge in [0.2, 0.25) is 0 Å². The SMILES string of the molecule is CC(C)(c1[c-]c(N2[CH-]N(c3c(-c4ccncc4)cccc3-c3ccncc3)c3ccccc32)ccc1)c1[c-]c2c(cc1)c1ccccc1n2-c1ccccn1.[Pt]. The molecule has 0 unspecified atom stereocenters. The summed E-state index contributed by atoms with van der Waals surface area (Å²) in [6.45, 7) is 6.71. The number of fused-ring (bicyclic) bond motifs is 4. The normalized spacial score (nSPS) is 12.5. The molecule has 0 fully saturated rings. The van der Waals surface area contributed by atoms with Gasteiger partial charge < -0.3 is 14.4 Å². The quantitative estimate of drug-likeness (QED) is 0.149. The molecule has 5 aromatic carbocycles. The van der Waals surface area contributed by atoms with Gasteiger partial charge in [-0.05, 0) is 76.5 Å². The van der Waals surface area contributed by atoms with E-state index in [2.05, 4.69) is 184 Å². The fraction of sp³-hybridized carbons (Fsp3) is 0.0612. The summed E-state index contributed by atoms with van der Waals surface area (Å²) in [6, 6.07) is 56.5. The fourth-order valence-corrected chi connectivity index (χ4v) is 7.90. The molecule has 1 aliphatic rings. The van der Waals surface area contributed by atoms with Crippen LogP contribution in [-0.2, 0) is 26.5 Å². The summed E-state index contributed by atoms with van der Waals surface area (Å²) in [7, 11) is 0. The molecule has 0 saturated carbocycles. The molecule has 7 heteroatoms. The van der Waals surface area contributed by atoms with Gasteiger partial charge in [-0.2, -0.15) is 53.6 Å². The van der Waals surface area contributed by atoms with Crippen LogP contribution in [0.15, 0.2) is 171 Å². The fourth-order valence-electron chi connectivity index (χ4n) is 7.90. The second-order valence-electron chi connectivity index (χ2n) is 14.3. The Morgan fingerprint density at radius 1 is 0.536 bits per heavy atom. The Kier molecular flexibility index (Phi) is 9.07. The van der Waals surface area contributed by atoms with Gasteiger partial charge in [0, 0.05) is 85.8 Å². The largest absolute Gasteiger partial charge is 0.493 e. The molecule has 1 aliphatic heterocycles. The van der Waals surface area contributed by atoms with Crippen molar-refractivity contribution in [1.29, 1.82) is 0 Å². The zero-order valence-corrected chi connectivity index (χ0v) is 33.0. The zero-order valence-electron chi connectivity index (χ0n) is 30.7. The standard InChI is InChI=1S/C49H35N6.Pt/c1-49(2,37-20-21-42-41-13-3-4-16-43(41)55(46(42)32-37)47-19-7-8-26-52-47)36-11-9-12-38(31-36)53-33-54(45-18-6-5-17-44(45)53)48-39(34-22-27-50-28-23-34)14-10-15-40(48)35-24-29-51-30-25-35;/h3-30,33H,1-2H3;/q-3;. The molecule has 0 radical (unpaired) electrons. The monoisotopic (exact) mass is 902 g/mol. The maximum Gasteiger partial charge on any atom is 0.135 e. The first-order chi connectivity index (χ1) is 27.1. The molecule has 0 spiro atoms. The number of benzene rings is 5. The Morgan fingerprint density at radius 3 is 1.86 bits per heavy atom. The van der Waals surface area contributed by atoms with E-state index in [1.165, 1.54) is 5.39 Å². The molecule has 56 heavy (non-hydrogen) atoms. The first-order valence-corrected chi connectivity index (χ1v) is 18.4. The predicted molar refractivity (Wildman–Crippen MR) is 223 cm³/mol. The van der Waals surface area contributed by atoms with Crippen molar-refractivity contribution in [1.82, 2.24) is 19.5 Å². The molecular weight excluding hydrogens is 868 g/mol. The average molecular weight is 903 g/mol. The molecule has 274 valence electrons. The van der Waals surface area contributed by atoms with E-state index in [9.17, 15) is 0 Å². The second-order valence-corrected chi connectivity index (χ2v) is 14.3. The van der Waals surface area contributed by atoms with Crippen LogP contribution in [0.2, 0.25) is 0 Å². The molecule has 6 nitrogen and oxygen atoms in total. The van der Waals surface area contributed by atoms with Crippen molar-refractivity contribution in [2.45, 2.75) is 19.3 Å². The van der Waals surface area contributed by atoms with Gasteiger partial charge in [0.05, 0.1) is 0 Å².